The van der Waals surface area contributed by atoms with Gasteiger partial charge in [-0.3, -0.25) is 0 Å². The number of fused-ring (bicyclic) bond motifs is 1. The highest BCUT2D eigenvalue weighted by atomic mass is 32.2. The quantitative estimate of drug-likeness (QED) is 0.542. The maximum Gasteiger partial charge on any atom is 0.231 e. The van der Waals surface area contributed by atoms with Gasteiger partial charge in [-0.05, 0) is 47.9 Å². The van der Waals surface area contributed by atoms with Crippen LogP contribution in [0.25, 0.3) is 11.4 Å². The van der Waals surface area contributed by atoms with E-state index in [1.165, 1.54) is 5.56 Å². The van der Waals surface area contributed by atoms with E-state index in [0.717, 1.165) is 46.1 Å². The highest BCUT2D eigenvalue weighted by Crippen LogP contribution is 2.35. The van der Waals surface area contributed by atoms with Crippen LogP contribution in [0, 0.1) is 5.92 Å². The van der Waals surface area contributed by atoms with Crippen LogP contribution in [0.1, 0.15) is 19.4 Å². The van der Waals surface area contributed by atoms with Gasteiger partial charge in [0, 0.05) is 17.9 Å². The van der Waals surface area contributed by atoms with Crippen molar-refractivity contribution < 1.29 is 14.2 Å². The molecule has 0 atom stereocenters. The molecule has 3 aromatic rings. The monoisotopic (exact) mass is 397 g/mol. The summed E-state index contributed by atoms with van der Waals surface area (Å²) < 4.78 is 18.3. The highest BCUT2D eigenvalue weighted by molar-refractivity contribution is 7.98. The van der Waals surface area contributed by atoms with Crippen LogP contribution in [-0.2, 0) is 12.3 Å². The van der Waals surface area contributed by atoms with E-state index in [4.69, 9.17) is 14.2 Å². The minimum atomic E-state index is 0.292. The van der Waals surface area contributed by atoms with Crippen LogP contribution in [0.5, 0.6) is 17.2 Å². The molecule has 0 radical (unpaired) electrons. The predicted molar refractivity (Wildman–Crippen MR) is 109 cm³/mol. The van der Waals surface area contributed by atoms with Crippen LogP contribution in [0.2, 0.25) is 0 Å². The fourth-order valence-corrected chi connectivity index (χ4v) is 3.95. The minimum absolute atomic E-state index is 0.292. The molecule has 0 aliphatic carbocycles. The third kappa shape index (κ3) is 3.94. The number of benzene rings is 2. The Morgan fingerprint density at radius 2 is 1.86 bits per heavy atom. The maximum atomic E-state index is 5.47. The molecule has 28 heavy (non-hydrogen) atoms. The maximum absolute atomic E-state index is 5.47. The lowest BCUT2D eigenvalue weighted by Gasteiger charge is -2.13. The number of nitrogens with zero attached hydrogens (tertiary/aromatic N) is 3. The third-order valence-corrected chi connectivity index (χ3v) is 5.46. The number of methoxy groups -OCH3 is 1. The second-order valence-electron chi connectivity index (χ2n) is 7.02. The zero-order valence-electron chi connectivity index (χ0n) is 16.2. The standard InChI is InChI=1S/C21H23N3O3S/c1-14(2)11-24-20(16-5-7-17(25-3)8-6-16)22-23-21(24)28-12-15-4-9-18-19(10-15)27-13-26-18/h4-10,14H,11-13H2,1-3H3. The van der Waals surface area contributed by atoms with E-state index in [1.807, 2.05) is 36.4 Å². The average Bonchev–Trinajstić information content (AvgIpc) is 3.32. The topological polar surface area (TPSA) is 58.4 Å². The van der Waals surface area contributed by atoms with Gasteiger partial charge >= 0.3 is 0 Å². The molecule has 1 aromatic heterocycles. The number of ether oxygens (including phenoxy) is 3. The van der Waals surface area contributed by atoms with Gasteiger partial charge in [0.05, 0.1) is 7.11 Å². The Bertz CT molecular complexity index is 954. The van der Waals surface area contributed by atoms with Gasteiger partial charge in [0.1, 0.15) is 5.75 Å². The Balaban J connectivity index is 1.56. The molecule has 2 aromatic carbocycles. The Hall–Kier alpha value is -2.67. The molecular formula is C21H23N3O3S. The van der Waals surface area contributed by atoms with Gasteiger partial charge < -0.3 is 18.8 Å². The summed E-state index contributed by atoms with van der Waals surface area (Å²) in [4.78, 5) is 0. The van der Waals surface area contributed by atoms with Crippen LogP contribution in [0.3, 0.4) is 0 Å². The highest BCUT2D eigenvalue weighted by Gasteiger charge is 2.17. The Morgan fingerprint density at radius 3 is 2.61 bits per heavy atom. The summed E-state index contributed by atoms with van der Waals surface area (Å²) in [6.45, 7) is 5.55. The van der Waals surface area contributed by atoms with Gasteiger partial charge in [0.2, 0.25) is 6.79 Å². The normalized spacial score (nSPS) is 12.6. The Labute approximate surface area is 168 Å². The largest absolute Gasteiger partial charge is 0.497 e. The molecule has 1 aliphatic heterocycles. The van der Waals surface area contributed by atoms with E-state index in [1.54, 1.807) is 18.9 Å². The fraction of sp³-hybridized carbons (Fsp3) is 0.333. The third-order valence-electron chi connectivity index (χ3n) is 4.42. The first kappa shape index (κ1) is 18.7. The summed E-state index contributed by atoms with van der Waals surface area (Å²) in [5.74, 6) is 4.59. The van der Waals surface area contributed by atoms with Crippen LogP contribution < -0.4 is 14.2 Å². The van der Waals surface area contributed by atoms with Crippen LogP contribution in [0.15, 0.2) is 47.6 Å². The number of rotatable bonds is 7. The van der Waals surface area contributed by atoms with Crippen molar-refractivity contribution in [1.29, 1.82) is 0 Å². The van der Waals surface area contributed by atoms with Crippen LogP contribution in [-0.4, -0.2) is 28.7 Å². The zero-order chi connectivity index (χ0) is 19.5. The first-order valence-corrected chi connectivity index (χ1v) is 10.2. The lowest BCUT2D eigenvalue weighted by molar-refractivity contribution is 0.174. The summed E-state index contributed by atoms with van der Waals surface area (Å²) in [7, 11) is 1.67. The van der Waals surface area contributed by atoms with E-state index in [2.05, 4.69) is 34.7 Å². The van der Waals surface area contributed by atoms with Gasteiger partial charge in [-0.2, -0.15) is 0 Å². The number of hydrogen-bond donors (Lipinski definition) is 0. The Morgan fingerprint density at radius 1 is 1.07 bits per heavy atom. The molecule has 4 rings (SSSR count). The average molecular weight is 398 g/mol. The van der Waals surface area contributed by atoms with Crippen molar-refractivity contribution in [3.63, 3.8) is 0 Å². The van der Waals surface area contributed by atoms with E-state index in [0.29, 0.717) is 12.7 Å². The number of aromatic nitrogens is 3. The molecule has 0 bridgehead atoms. The lowest BCUT2D eigenvalue weighted by atomic mass is 10.2. The van der Waals surface area contributed by atoms with E-state index in [-0.39, 0.29) is 0 Å². The summed E-state index contributed by atoms with van der Waals surface area (Å²) >= 11 is 1.68. The molecule has 2 heterocycles. The first-order valence-electron chi connectivity index (χ1n) is 9.23. The summed E-state index contributed by atoms with van der Waals surface area (Å²) in [5, 5.41) is 9.85. The molecule has 1 aliphatic rings. The smallest absolute Gasteiger partial charge is 0.231 e. The molecule has 146 valence electrons. The SMILES string of the molecule is COc1ccc(-c2nnc(SCc3ccc4c(c3)OCO4)n2CC(C)C)cc1. The van der Waals surface area contributed by atoms with Crippen molar-refractivity contribution in [2.45, 2.75) is 31.3 Å². The molecule has 0 amide bonds. The second kappa shape index (κ2) is 8.14. The number of hydrogen-bond acceptors (Lipinski definition) is 6. The van der Waals surface area contributed by atoms with E-state index >= 15 is 0 Å². The van der Waals surface area contributed by atoms with Crippen molar-refractivity contribution in [2.75, 3.05) is 13.9 Å². The van der Waals surface area contributed by atoms with E-state index in [9.17, 15) is 0 Å². The molecule has 6 nitrogen and oxygen atoms in total. The molecule has 0 N–H and O–H groups in total. The molecular weight excluding hydrogens is 374 g/mol. The van der Waals surface area contributed by atoms with E-state index < -0.39 is 0 Å². The molecule has 7 heteroatoms. The summed E-state index contributed by atoms with van der Waals surface area (Å²) in [6.07, 6.45) is 0. The van der Waals surface area contributed by atoms with Crippen LogP contribution in [0.4, 0.5) is 0 Å². The Kier molecular flexibility index (Phi) is 5.43. The van der Waals surface area contributed by atoms with Crippen molar-refractivity contribution in [2.24, 2.45) is 5.92 Å². The van der Waals surface area contributed by atoms with Crippen molar-refractivity contribution in [3.05, 3.63) is 48.0 Å². The van der Waals surface area contributed by atoms with Crippen molar-refractivity contribution in [1.82, 2.24) is 14.8 Å². The molecule has 0 saturated heterocycles. The minimum Gasteiger partial charge on any atom is -0.497 e. The lowest BCUT2D eigenvalue weighted by Crippen LogP contribution is -2.07. The van der Waals surface area contributed by atoms with Gasteiger partial charge in [-0.1, -0.05) is 31.7 Å². The number of thioether (sulfide) groups is 1. The molecule has 0 fully saturated rings. The second-order valence-corrected chi connectivity index (χ2v) is 7.96. The fourth-order valence-electron chi connectivity index (χ4n) is 3.06. The molecule has 0 saturated carbocycles. The first-order chi connectivity index (χ1) is 13.6. The summed E-state index contributed by atoms with van der Waals surface area (Å²) in [6, 6.07) is 14.0. The zero-order valence-corrected chi connectivity index (χ0v) is 17.0. The van der Waals surface area contributed by atoms with Gasteiger partial charge in [-0.25, -0.2) is 0 Å². The predicted octanol–water partition coefficient (Wildman–Crippen LogP) is 4.63. The van der Waals surface area contributed by atoms with Gasteiger partial charge in [0.15, 0.2) is 22.5 Å². The summed E-state index contributed by atoms with van der Waals surface area (Å²) in [5.41, 5.74) is 2.20. The molecule has 0 unspecified atom stereocenters. The van der Waals surface area contributed by atoms with Crippen molar-refractivity contribution >= 4 is 11.8 Å². The molecule has 0 spiro atoms. The van der Waals surface area contributed by atoms with Crippen LogP contribution >= 0.6 is 11.8 Å². The van der Waals surface area contributed by atoms with Gasteiger partial charge in [0.25, 0.3) is 0 Å². The van der Waals surface area contributed by atoms with Gasteiger partial charge in [-0.15, -0.1) is 10.2 Å². The van der Waals surface area contributed by atoms with Crippen molar-refractivity contribution in [3.8, 4) is 28.6 Å².